The molecule has 0 radical (unpaired) electrons. The number of alkyl halides is 3. The average molecular weight is 254 g/mol. The predicted molar refractivity (Wildman–Crippen MR) is 55.6 cm³/mol. The number of hydrogen-bond acceptors (Lipinski definition) is 3. The van der Waals surface area contributed by atoms with E-state index in [-0.39, 0.29) is 17.3 Å². The Bertz CT molecular complexity index is 320. The van der Waals surface area contributed by atoms with Gasteiger partial charge in [0.1, 0.15) is 11.4 Å². The number of aryl methyl sites for hydroxylation is 1. The molecule has 0 N–H and O–H groups in total. The summed E-state index contributed by atoms with van der Waals surface area (Å²) >= 11 is 5.50. The van der Waals surface area contributed by atoms with Gasteiger partial charge >= 0.3 is 0 Å². The van der Waals surface area contributed by atoms with Crippen molar-refractivity contribution in [3.8, 4) is 0 Å². The van der Waals surface area contributed by atoms with Crippen LogP contribution in [0.25, 0.3) is 0 Å². The van der Waals surface area contributed by atoms with E-state index in [1.807, 2.05) is 6.92 Å². The second-order valence-corrected chi connectivity index (χ2v) is 3.40. The number of halogens is 3. The van der Waals surface area contributed by atoms with Gasteiger partial charge in [-0.1, -0.05) is 5.21 Å². The maximum Gasteiger partial charge on any atom is 0.281 e. The molecule has 4 nitrogen and oxygen atoms in total. The van der Waals surface area contributed by atoms with Crippen molar-refractivity contribution in [2.45, 2.75) is 32.2 Å². The third-order valence-electron chi connectivity index (χ3n) is 2.04. The number of ether oxygens (including phenoxy) is 1. The van der Waals surface area contributed by atoms with Crippen LogP contribution >= 0.6 is 11.6 Å². The van der Waals surface area contributed by atoms with E-state index < -0.39 is 6.43 Å². The summed E-state index contributed by atoms with van der Waals surface area (Å²) in [5.74, 6) is -0.0505. The molecule has 0 unspecified atom stereocenters. The summed E-state index contributed by atoms with van der Waals surface area (Å²) in [6.45, 7) is 3.39. The zero-order chi connectivity index (χ0) is 12.0. The van der Waals surface area contributed by atoms with Gasteiger partial charge in [0.15, 0.2) is 0 Å². The Morgan fingerprint density at radius 3 is 2.81 bits per heavy atom. The van der Waals surface area contributed by atoms with Crippen LogP contribution in [0.2, 0.25) is 0 Å². The van der Waals surface area contributed by atoms with Crippen molar-refractivity contribution >= 4 is 11.6 Å². The minimum Gasteiger partial charge on any atom is -0.382 e. The topological polar surface area (TPSA) is 39.9 Å². The molecule has 7 heteroatoms. The minimum absolute atomic E-state index is 0.0505. The van der Waals surface area contributed by atoms with Crippen LogP contribution in [0.4, 0.5) is 8.78 Å². The SMILES string of the molecule is CCOCCCn1nnc(CCl)c1C(F)F. The van der Waals surface area contributed by atoms with Crippen molar-refractivity contribution in [3.05, 3.63) is 11.4 Å². The van der Waals surface area contributed by atoms with E-state index >= 15 is 0 Å². The summed E-state index contributed by atoms with van der Waals surface area (Å²) in [4.78, 5) is 0. The molecule has 0 amide bonds. The maximum absolute atomic E-state index is 12.7. The van der Waals surface area contributed by atoms with E-state index in [1.54, 1.807) is 0 Å². The van der Waals surface area contributed by atoms with Crippen LogP contribution in [-0.4, -0.2) is 28.2 Å². The third-order valence-corrected chi connectivity index (χ3v) is 2.30. The number of aromatic nitrogens is 3. The van der Waals surface area contributed by atoms with Gasteiger partial charge < -0.3 is 4.74 Å². The molecule has 1 aromatic rings. The molecule has 0 fully saturated rings. The van der Waals surface area contributed by atoms with Crippen LogP contribution in [0.5, 0.6) is 0 Å². The molecule has 0 spiro atoms. The lowest BCUT2D eigenvalue weighted by Gasteiger charge is -2.06. The van der Waals surface area contributed by atoms with E-state index in [4.69, 9.17) is 16.3 Å². The summed E-state index contributed by atoms with van der Waals surface area (Å²) in [5, 5.41) is 7.27. The molecule has 0 saturated carbocycles. The van der Waals surface area contributed by atoms with Gasteiger partial charge in [0.2, 0.25) is 0 Å². The fourth-order valence-corrected chi connectivity index (χ4v) is 1.51. The van der Waals surface area contributed by atoms with Crippen LogP contribution < -0.4 is 0 Å². The quantitative estimate of drug-likeness (QED) is 0.553. The largest absolute Gasteiger partial charge is 0.382 e. The fraction of sp³-hybridized carbons (Fsp3) is 0.778. The molecule has 0 aliphatic rings. The molecule has 0 aliphatic heterocycles. The van der Waals surface area contributed by atoms with Crippen molar-refractivity contribution in [3.63, 3.8) is 0 Å². The Labute approximate surface area is 97.5 Å². The van der Waals surface area contributed by atoms with Gasteiger partial charge in [-0.05, 0) is 13.3 Å². The highest BCUT2D eigenvalue weighted by atomic mass is 35.5. The molecular weight excluding hydrogens is 240 g/mol. The normalized spacial score (nSPS) is 11.3. The van der Waals surface area contributed by atoms with Gasteiger partial charge in [-0.2, -0.15) is 0 Å². The summed E-state index contributed by atoms with van der Waals surface area (Å²) in [7, 11) is 0. The van der Waals surface area contributed by atoms with Crippen LogP contribution in [0.15, 0.2) is 0 Å². The van der Waals surface area contributed by atoms with Gasteiger partial charge in [0.25, 0.3) is 6.43 Å². The van der Waals surface area contributed by atoms with Crippen LogP contribution in [-0.2, 0) is 17.2 Å². The fourth-order valence-electron chi connectivity index (χ4n) is 1.32. The molecule has 1 heterocycles. The lowest BCUT2D eigenvalue weighted by Crippen LogP contribution is -2.09. The van der Waals surface area contributed by atoms with Gasteiger partial charge in [0.05, 0.1) is 5.88 Å². The van der Waals surface area contributed by atoms with E-state index in [9.17, 15) is 8.78 Å². The lowest BCUT2D eigenvalue weighted by atomic mass is 10.3. The summed E-state index contributed by atoms with van der Waals surface area (Å²) in [5.41, 5.74) is -0.0421. The van der Waals surface area contributed by atoms with Gasteiger partial charge in [-0.15, -0.1) is 16.7 Å². The molecule has 1 aromatic heterocycles. The maximum atomic E-state index is 12.7. The molecule has 0 aliphatic carbocycles. The zero-order valence-corrected chi connectivity index (χ0v) is 9.75. The van der Waals surface area contributed by atoms with Crippen molar-refractivity contribution in [2.75, 3.05) is 13.2 Å². The third kappa shape index (κ3) is 3.38. The standard InChI is InChI=1S/C9H14ClF2N3O/c1-2-16-5-3-4-15-8(9(11)12)7(6-10)13-14-15/h9H,2-6H2,1H3. The second kappa shape index (κ2) is 6.75. The molecule has 1 rings (SSSR count). The molecular formula is C9H14ClF2N3O. The molecule has 16 heavy (non-hydrogen) atoms. The molecule has 0 saturated heterocycles. The minimum atomic E-state index is -2.60. The first-order chi connectivity index (χ1) is 7.70. The number of hydrogen-bond donors (Lipinski definition) is 0. The first kappa shape index (κ1) is 13.3. The second-order valence-electron chi connectivity index (χ2n) is 3.13. The Morgan fingerprint density at radius 2 is 2.25 bits per heavy atom. The predicted octanol–water partition coefficient (Wildman–Crippen LogP) is 2.38. The molecule has 0 bridgehead atoms. The molecule has 92 valence electrons. The first-order valence-corrected chi connectivity index (χ1v) is 5.58. The van der Waals surface area contributed by atoms with Crippen molar-refractivity contribution < 1.29 is 13.5 Å². The Kier molecular flexibility index (Phi) is 5.62. The summed E-state index contributed by atoms with van der Waals surface area (Å²) in [6, 6.07) is 0. The van der Waals surface area contributed by atoms with Crippen molar-refractivity contribution in [1.82, 2.24) is 15.0 Å². The zero-order valence-electron chi connectivity index (χ0n) is 9.00. The monoisotopic (exact) mass is 253 g/mol. The Balaban J connectivity index is 2.61. The Morgan fingerprint density at radius 1 is 1.50 bits per heavy atom. The van der Waals surface area contributed by atoms with Gasteiger partial charge in [-0.25, -0.2) is 13.5 Å². The first-order valence-electron chi connectivity index (χ1n) is 5.04. The van der Waals surface area contributed by atoms with Gasteiger partial charge in [-0.3, -0.25) is 0 Å². The van der Waals surface area contributed by atoms with Crippen LogP contribution in [0.3, 0.4) is 0 Å². The smallest absolute Gasteiger partial charge is 0.281 e. The van der Waals surface area contributed by atoms with Crippen molar-refractivity contribution in [2.24, 2.45) is 0 Å². The van der Waals surface area contributed by atoms with E-state index in [0.717, 1.165) is 0 Å². The number of rotatable bonds is 7. The Hall–Kier alpha value is -0.750. The molecule has 0 atom stereocenters. The van der Waals surface area contributed by atoms with E-state index in [2.05, 4.69) is 10.3 Å². The van der Waals surface area contributed by atoms with Crippen molar-refractivity contribution in [1.29, 1.82) is 0 Å². The lowest BCUT2D eigenvalue weighted by molar-refractivity contribution is 0.127. The van der Waals surface area contributed by atoms with Crippen LogP contribution in [0.1, 0.15) is 31.2 Å². The summed E-state index contributed by atoms with van der Waals surface area (Å²) < 4.78 is 31.7. The average Bonchev–Trinajstić information content (AvgIpc) is 2.67. The summed E-state index contributed by atoms with van der Waals surface area (Å²) in [6.07, 6.45) is -1.98. The van der Waals surface area contributed by atoms with E-state index in [0.29, 0.717) is 26.2 Å². The van der Waals surface area contributed by atoms with E-state index in [1.165, 1.54) is 4.68 Å². The highest BCUT2D eigenvalue weighted by Gasteiger charge is 2.20. The van der Waals surface area contributed by atoms with Crippen LogP contribution in [0, 0.1) is 0 Å². The molecule has 0 aromatic carbocycles. The van der Waals surface area contributed by atoms with Gasteiger partial charge in [0, 0.05) is 19.8 Å². The highest BCUT2D eigenvalue weighted by Crippen LogP contribution is 2.22. The highest BCUT2D eigenvalue weighted by molar-refractivity contribution is 6.16. The number of nitrogens with zero attached hydrogens (tertiary/aromatic N) is 3.